The maximum absolute atomic E-state index is 12.7. The van der Waals surface area contributed by atoms with Gasteiger partial charge in [0, 0.05) is 25.4 Å². The number of aliphatic hydroxyl groups excluding tert-OH is 1. The van der Waals surface area contributed by atoms with Gasteiger partial charge in [-0.15, -0.1) is 0 Å². The van der Waals surface area contributed by atoms with Crippen LogP contribution < -0.4 is 4.74 Å². The van der Waals surface area contributed by atoms with Crippen molar-refractivity contribution in [1.82, 2.24) is 9.88 Å². The Kier molecular flexibility index (Phi) is 5.08. The first-order valence-electron chi connectivity index (χ1n) is 7.84. The van der Waals surface area contributed by atoms with Crippen molar-refractivity contribution in [2.24, 2.45) is 0 Å². The van der Waals surface area contributed by atoms with Crippen molar-refractivity contribution in [3.63, 3.8) is 0 Å². The van der Waals surface area contributed by atoms with E-state index in [0.29, 0.717) is 30.0 Å². The molecule has 0 spiro atoms. The number of rotatable bonds is 5. The molecule has 0 bridgehead atoms. The standard InChI is InChI=1S/C18H20N2O4/c1-23-17-9-14(12-21)20(11-17)18(22)13-4-6-15(7-5-13)24-16-3-2-8-19-10-16/h2-8,10,14,17,21H,9,11-12H2,1H3/t14-,17-/m0/s1. The highest BCUT2D eigenvalue weighted by atomic mass is 16.5. The van der Waals surface area contributed by atoms with Crippen LogP contribution in [0.3, 0.4) is 0 Å². The lowest BCUT2D eigenvalue weighted by molar-refractivity contribution is 0.0648. The monoisotopic (exact) mass is 328 g/mol. The summed E-state index contributed by atoms with van der Waals surface area (Å²) in [5, 5.41) is 9.48. The molecule has 2 heterocycles. The number of methoxy groups -OCH3 is 1. The first-order chi connectivity index (χ1) is 11.7. The average Bonchev–Trinajstić information content (AvgIpc) is 3.06. The van der Waals surface area contributed by atoms with Crippen molar-refractivity contribution in [3.8, 4) is 11.5 Å². The maximum atomic E-state index is 12.7. The highest BCUT2D eigenvalue weighted by molar-refractivity contribution is 5.94. The normalized spacial score (nSPS) is 20.2. The molecule has 0 aliphatic carbocycles. The van der Waals surface area contributed by atoms with Gasteiger partial charge in [-0.05, 0) is 42.8 Å². The van der Waals surface area contributed by atoms with Gasteiger partial charge in [-0.1, -0.05) is 0 Å². The quantitative estimate of drug-likeness (QED) is 0.910. The predicted molar refractivity (Wildman–Crippen MR) is 88.1 cm³/mol. The van der Waals surface area contributed by atoms with Crippen molar-refractivity contribution in [1.29, 1.82) is 0 Å². The molecule has 1 amide bonds. The predicted octanol–water partition coefficient (Wildman–Crippen LogP) is 2.10. The molecule has 1 saturated heterocycles. The van der Waals surface area contributed by atoms with E-state index in [9.17, 15) is 9.90 Å². The number of aromatic nitrogens is 1. The van der Waals surface area contributed by atoms with Gasteiger partial charge >= 0.3 is 0 Å². The fourth-order valence-electron chi connectivity index (χ4n) is 2.84. The Hall–Kier alpha value is -2.44. The molecule has 6 nitrogen and oxygen atoms in total. The highest BCUT2D eigenvalue weighted by Gasteiger charge is 2.35. The number of pyridine rings is 1. The fraction of sp³-hybridized carbons (Fsp3) is 0.333. The smallest absolute Gasteiger partial charge is 0.254 e. The number of hydrogen-bond acceptors (Lipinski definition) is 5. The van der Waals surface area contributed by atoms with Crippen molar-refractivity contribution in [2.45, 2.75) is 18.6 Å². The van der Waals surface area contributed by atoms with Crippen molar-refractivity contribution in [3.05, 3.63) is 54.4 Å². The second-order valence-electron chi connectivity index (χ2n) is 5.70. The van der Waals surface area contributed by atoms with Crippen LogP contribution in [0.4, 0.5) is 0 Å². The van der Waals surface area contributed by atoms with Gasteiger partial charge in [0.15, 0.2) is 0 Å². The summed E-state index contributed by atoms with van der Waals surface area (Å²) >= 11 is 0. The third-order valence-corrected chi connectivity index (χ3v) is 4.15. The largest absolute Gasteiger partial charge is 0.456 e. The van der Waals surface area contributed by atoms with E-state index in [-0.39, 0.29) is 24.7 Å². The molecular weight excluding hydrogens is 308 g/mol. The third-order valence-electron chi connectivity index (χ3n) is 4.15. The minimum atomic E-state index is -0.200. The summed E-state index contributed by atoms with van der Waals surface area (Å²) < 4.78 is 11.0. The number of ether oxygens (including phenoxy) is 2. The van der Waals surface area contributed by atoms with Crippen LogP contribution >= 0.6 is 0 Å². The summed E-state index contributed by atoms with van der Waals surface area (Å²) in [4.78, 5) is 18.3. The summed E-state index contributed by atoms with van der Waals surface area (Å²) in [6.45, 7) is 0.433. The van der Waals surface area contributed by atoms with Crippen LogP contribution in [0.15, 0.2) is 48.8 Å². The molecular formula is C18H20N2O4. The second-order valence-corrected chi connectivity index (χ2v) is 5.70. The summed E-state index contributed by atoms with van der Waals surface area (Å²) in [6.07, 6.45) is 3.93. The molecule has 1 aliphatic rings. The Bertz CT molecular complexity index is 675. The molecule has 6 heteroatoms. The molecule has 1 aromatic carbocycles. The van der Waals surface area contributed by atoms with E-state index in [1.165, 1.54) is 0 Å². The number of benzene rings is 1. The lowest BCUT2D eigenvalue weighted by atomic mass is 10.1. The lowest BCUT2D eigenvalue weighted by Gasteiger charge is -2.22. The Morgan fingerprint density at radius 2 is 2.08 bits per heavy atom. The van der Waals surface area contributed by atoms with Crippen LogP contribution in [0, 0.1) is 0 Å². The van der Waals surface area contributed by atoms with Crippen molar-refractivity contribution < 1.29 is 19.4 Å². The first-order valence-corrected chi connectivity index (χ1v) is 7.84. The molecule has 3 rings (SSSR count). The summed E-state index contributed by atoms with van der Waals surface area (Å²) in [5.41, 5.74) is 0.559. The Labute approximate surface area is 140 Å². The first kappa shape index (κ1) is 16.4. The van der Waals surface area contributed by atoms with Crippen LogP contribution in [0.1, 0.15) is 16.8 Å². The van der Waals surface area contributed by atoms with Crippen LogP contribution in [0.5, 0.6) is 11.5 Å². The van der Waals surface area contributed by atoms with Crippen molar-refractivity contribution in [2.75, 3.05) is 20.3 Å². The lowest BCUT2D eigenvalue weighted by Crippen LogP contribution is -2.38. The highest BCUT2D eigenvalue weighted by Crippen LogP contribution is 2.24. The van der Waals surface area contributed by atoms with Crippen LogP contribution in [0.25, 0.3) is 0 Å². The van der Waals surface area contributed by atoms with E-state index >= 15 is 0 Å². The molecule has 2 aromatic rings. The third kappa shape index (κ3) is 3.55. The molecule has 1 N–H and O–H groups in total. The average molecular weight is 328 g/mol. The number of likely N-dealkylation sites (tertiary alicyclic amines) is 1. The number of carbonyl (C=O) groups excluding carboxylic acids is 1. The van der Waals surface area contributed by atoms with E-state index in [4.69, 9.17) is 9.47 Å². The maximum Gasteiger partial charge on any atom is 0.254 e. The van der Waals surface area contributed by atoms with E-state index < -0.39 is 0 Å². The number of hydrogen-bond donors (Lipinski definition) is 1. The van der Waals surface area contributed by atoms with Crippen LogP contribution in [-0.4, -0.2) is 53.3 Å². The molecule has 2 atom stereocenters. The Morgan fingerprint density at radius 1 is 1.29 bits per heavy atom. The minimum Gasteiger partial charge on any atom is -0.456 e. The summed E-state index contributed by atoms with van der Waals surface area (Å²) in [7, 11) is 1.62. The molecule has 1 fully saturated rings. The molecule has 0 radical (unpaired) electrons. The van der Waals surface area contributed by atoms with Gasteiger partial charge in [-0.2, -0.15) is 0 Å². The van der Waals surface area contributed by atoms with E-state index in [2.05, 4.69) is 4.98 Å². The number of amides is 1. The van der Waals surface area contributed by atoms with Gasteiger partial charge < -0.3 is 19.5 Å². The zero-order valence-electron chi connectivity index (χ0n) is 13.5. The molecule has 126 valence electrons. The molecule has 24 heavy (non-hydrogen) atoms. The zero-order valence-corrected chi connectivity index (χ0v) is 13.5. The molecule has 1 aliphatic heterocycles. The Morgan fingerprint density at radius 3 is 2.71 bits per heavy atom. The topological polar surface area (TPSA) is 71.9 Å². The van der Waals surface area contributed by atoms with Gasteiger partial charge in [0.25, 0.3) is 5.91 Å². The second kappa shape index (κ2) is 7.42. The SMILES string of the molecule is CO[C@H]1C[C@@H](CO)N(C(=O)c2ccc(Oc3cccnc3)cc2)C1. The Balaban J connectivity index is 1.70. The van der Waals surface area contributed by atoms with Crippen molar-refractivity contribution >= 4 is 5.91 Å². The number of carbonyl (C=O) groups is 1. The summed E-state index contributed by atoms with van der Waals surface area (Å²) in [6, 6.07) is 10.4. The van der Waals surface area contributed by atoms with E-state index in [1.807, 2.05) is 6.07 Å². The number of nitrogens with zero attached hydrogens (tertiary/aromatic N) is 2. The van der Waals surface area contributed by atoms with E-state index in [1.54, 1.807) is 54.7 Å². The van der Waals surface area contributed by atoms with Crippen LogP contribution in [-0.2, 0) is 4.74 Å². The molecule has 1 aromatic heterocycles. The van der Waals surface area contributed by atoms with Gasteiger partial charge in [-0.25, -0.2) is 0 Å². The minimum absolute atomic E-state index is 0.0284. The van der Waals surface area contributed by atoms with Gasteiger partial charge in [0.1, 0.15) is 11.5 Å². The van der Waals surface area contributed by atoms with Gasteiger partial charge in [0.2, 0.25) is 0 Å². The van der Waals surface area contributed by atoms with E-state index in [0.717, 1.165) is 0 Å². The zero-order chi connectivity index (χ0) is 16.9. The fourth-order valence-corrected chi connectivity index (χ4v) is 2.84. The number of aliphatic hydroxyl groups is 1. The molecule has 0 unspecified atom stereocenters. The molecule has 0 saturated carbocycles. The summed E-state index contributed by atoms with van der Waals surface area (Å²) in [5.74, 6) is 1.16. The van der Waals surface area contributed by atoms with Gasteiger partial charge in [0.05, 0.1) is 24.9 Å². The van der Waals surface area contributed by atoms with Gasteiger partial charge in [-0.3, -0.25) is 9.78 Å². The van der Waals surface area contributed by atoms with Crippen LogP contribution in [0.2, 0.25) is 0 Å².